The minimum atomic E-state index is -3.74. The molecule has 1 N–H and O–H groups in total. The van der Waals surface area contributed by atoms with E-state index >= 15 is 0 Å². The molecule has 1 saturated heterocycles. The number of hydrogen-bond acceptors (Lipinski definition) is 5. The molecule has 3 rings (SSSR count). The normalized spacial score (nSPS) is 15.9. The third-order valence-electron chi connectivity index (χ3n) is 3.77. The molecule has 0 aliphatic carbocycles. The molecule has 0 atom stereocenters. The van der Waals surface area contributed by atoms with E-state index in [-0.39, 0.29) is 29.4 Å². The Morgan fingerprint density at radius 1 is 1.28 bits per heavy atom. The molecule has 1 aliphatic rings. The van der Waals surface area contributed by atoms with Crippen LogP contribution < -0.4 is 5.32 Å². The van der Waals surface area contributed by atoms with Gasteiger partial charge in [-0.15, -0.1) is 11.3 Å². The number of morpholine rings is 1. The van der Waals surface area contributed by atoms with Crippen molar-refractivity contribution >= 4 is 27.3 Å². The quantitative estimate of drug-likeness (QED) is 0.854. The van der Waals surface area contributed by atoms with Crippen LogP contribution in [0.4, 0.5) is 4.39 Å². The van der Waals surface area contributed by atoms with Crippen molar-refractivity contribution in [2.24, 2.45) is 0 Å². The summed E-state index contributed by atoms with van der Waals surface area (Å²) in [6.07, 6.45) is 0. The van der Waals surface area contributed by atoms with Crippen LogP contribution in [0.3, 0.4) is 0 Å². The van der Waals surface area contributed by atoms with Gasteiger partial charge in [-0.2, -0.15) is 4.31 Å². The van der Waals surface area contributed by atoms with Crippen LogP contribution in [0.25, 0.3) is 0 Å². The molecule has 0 radical (unpaired) electrons. The van der Waals surface area contributed by atoms with E-state index in [1.54, 1.807) is 17.5 Å². The zero-order chi connectivity index (χ0) is 17.9. The van der Waals surface area contributed by atoms with E-state index in [0.717, 1.165) is 11.3 Å². The molecule has 2 heterocycles. The maximum atomic E-state index is 13.2. The van der Waals surface area contributed by atoms with Gasteiger partial charge in [-0.05, 0) is 29.1 Å². The summed E-state index contributed by atoms with van der Waals surface area (Å²) >= 11 is 1.06. The lowest BCUT2D eigenvalue weighted by Crippen LogP contribution is -2.41. The van der Waals surface area contributed by atoms with Gasteiger partial charge in [-0.1, -0.05) is 12.1 Å². The molecule has 6 nitrogen and oxygen atoms in total. The van der Waals surface area contributed by atoms with Gasteiger partial charge < -0.3 is 10.1 Å². The van der Waals surface area contributed by atoms with Gasteiger partial charge >= 0.3 is 0 Å². The summed E-state index contributed by atoms with van der Waals surface area (Å²) in [6.45, 7) is 1.32. The minimum absolute atomic E-state index is 0.00357. The van der Waals surface area contributed by atoms with Crippen LogP contribution in [0.2, 0.25) is 0 Å². The monoisotopic (exact) mass is 384 g/mol. The average molecular weight is 384 g/mol. The Hall–Kier alpha value is -1.81. The van der Waals surface area contributed by atoms with Crippen molar-refractivity contribution in [2.45, 2.75) is 11.4 Å². The Morgan fingerprint density at radius 3 is 2.76 bits per heavy atom. The van der Waals surface area contributed by atoms with Gasteiger partial charge in [0.15, 0.2) is 0 Å². The van der Waals surface area contributed by atoms with Crippen molar-refractivity contribution in [2.75, 3.05) is 26.3 Å². The molecule has 0 unspecified atom stereocenters. The van der Waals surface area contributed by atoms with Crippen LogP contribution in [0.1, 0.15) is 15.2 Å². The van der Waals surface area contributed by atoms with Crippen LogP contribution in [0.5, 0.6) is 0 Å². The smallest absolute Gasteiger partial charge is 0.263 e. The molecule has 1 aliphatic heterocycles. The lowest BCUT2D eigenvalue weighted by molar-refractivity contribution is 0.0730. The fraction of sp³-hybridized carbons (Fsp3) is 0.312. The van der Waals surface area contributed by atoms with E-state index in [2.05, 4.69) is 5.32 Å². The van der Waals surface area contributed by atoms with E-state index in [9.17, 15) is 17.6 Å². The van der Waals surface area contributed by atoms with E-state index in [0.29, 0.717) is 18.8 Å². The first-order chi connectivity index (χ1) is 12.0. The maximum Gasteiger partial charge on any atom is 0.263 e. The highest BCUT2D eigenvalue weighted by Crippen LogP contribution is 2.26. The number of sulfonamides is 1. The van der Waals surface area contributed by atoms with Gasteiger partial charge in [-0.3, -0.25) is 4.79 Å². The Bertz CT molecular complexity index is 861. The fourth-order valence-electron chi connectivity index (χ4n) is 2.50. The Labute approximate surface area is 149 Å². The van der Waals surface area contributed by atoms with E-state index < -0.39 is 21.7 Å². The number of nitrogens with zero attached hydrogens (tertiary/aromatic N) is 1. The molecule has 1 amide bonds. The van der Waals surface area contributed by atoms with E-state index in [1.165, 1.54) is 22.5 Å². The third kappa shape index (κ3) is 4.06. The number of amides is 1. The van der Waals surface area contributed by atoms with Crippen molar-refractivity contribution in [3.05, 3.63) is 52.0 Å². The number of benzene rings is 1. The number of thiophene rings is 1. The molecule has 1 aromatic carbocycles. The lowest BCUT2D eigenvalue weighted by Gasteiger charge is -2.26. The zero-order valence-electron chi connectivity index (χ0n) is 13.3. The minimum Gasteiger partial charge on any atom is -0.379 e. The molecule has 0 saturated carbocycles. The summed E-state index contributed by atoms with van der Waals surface area (Å²) in [4.78, 5) is 12.5. The van der Waals surface area contributed by atoms with Crippen LogP contribution in [-0.2, 0) is 21.3 Å². The highest BCUT2D eigenvalue weighted by molar-refractivity contribution is 7.89. The predicted molar refractivity (Wildman–Crippen MR) is 91.5 cm³/mol. The zero-order valence-corrected chi connectivity index (χ0v) is 14.9. The number of rotatable bonds is 5. The SMILES string of the molecule is O=C(NCc1cccc(F)c1)c1sccc1S(=O)(=O)N1CCOCC1. The summed E-state index contributed by atoms with van der Waals surface area (Å²) < 4.78 is 45.2. The molecule has 1 aromatic heterocycles. The van der Waals surface area contributed by atoms with Gasteiger partial charge in [0.25, 0.3) is 5.91 Å². The molecule has 2 aromatic rings. The summed E-state index contributed by atoms with van der Waals surface area (Å²) in [5, 5.41) is 4.21. The Morgan fingerprint density at radius 2 is 2.04 bits per heavy atom. The van der Waals surface area contributed by atoms with Gasteiger partial charge in [0, 0.05) is 19.6 Å². The van der Waals surface area contributed by atoms with Gasteiger partial charge in [-0.25, -0.2) is 12.8 Å². The first-order valence-electron chi connectivity index (χ1n) is 7.66. The highest BCUT2D eigenvalue weighted by Gasteiger charge is 2.31. The predicted octanol–water partition coefficient (Wildman–Crippen LogP) is 1.84. The highest BCUT2D eigenvalue weighted by atomic mass is 32.2. The van der Waals surface area contributed by atoms with E-state index in [4.69, 9.17) is 4.74 Å². The average Bonchev–Trinajstić information content (AvgIpc) is 3.11. The second-order valence-electron chi connectivity index (χ2n) is 5.44. The molecule has 134 valence electrons. The first kappa shape index (κ1) is 18.0. The second kappa shape index (κ2) is 7.61. The van der Waals surface area contributed by atoms with Crippen molar-refractivity contribution in [1.82, 2.24) is 9.62 Å². The van der Waals surface area contributed by atoms with Gasteiger partial charge in [0.1, 0.15) is 15.6 Å². The lowest BCUT2D eigenvalue weighted by atomic mass is 10.2. The number of carbonyl (C=O) groups excluding carboxylic acids is 1. The number of carbonyl (C=O) groups is 1. The molecular formula is C16H17FN2O4S2. The summed E-state index contributed by atoms with van der Waals surface area (Å²) in [5.41, 5.74) is 0.600. The third-order valence-corrected chi connectivity index (χ3v) is 6.75. The number of ether oxygens (including phenoxy) is 1. The van der Waals surface area contributed by atoms with Crippen LogP contribution >= 0.6 is 11.3 Å². The Kier molecular flexibility index (Phi) is 5.48. The molecular weight excluding hydrogens is 367 g/mol. The summed E-state index contributed by atoms with van der Waals surface area (Å²) in [7, 11) is -3.74. The summed E-state index contributed by atoms with van der Waals surface area (Å²) in [5.74, 6) is -0.885. The topological polar surface area (TPSA) is 75.7 Å². The largest absolute Gasteiger partial charge is 0.379 e. The van der Waals surface area contributed by atoms with Gasteiger partial charge in [0.2, 0.25) is 10.0 Å². The van der Waals surface area contributed by atoms with Crippen molar-refractivity contribution in [1.29, 1.82) is 0 Å². The molecule has 9 heteroatoms. The second-order valence-corrected chi connectivity index (χ2v) is 8.27. The molecule has 0 bridgehead atoms. The maximum absolute atomic E-state index is 13.2. The van der Waals surface area contributed by atoms with Gasteiger partial charge in [0.05, 0.1) is 13.2 Å². The van der Waals surface area contributed by atoms with Crippen molar-refractivity contribution in [3.8, 4) is 0 Å². The fourth-order valence-corrected chi connectivity index (χ4v) is 5.23. The number of halogens is 1. The number of hydrogen-bond donors (Lipinski definition) is 1. The van der Waals surface area contributed by atoms with Crippen LogP contribution in [-0.4, -0.2) is 44.9 Å². The van der Waals surface area contributed by atoms with Crippen molar-refractivity contribution < 1.29 is 22.3 Å². The standard InChI is InChI=1S/C16H17FN2O4S2/c17-13-3-1-2-12(10-13)11-18-16(20)15-14(4-9-24-15)25(21,22)19-5-7-23-8-6-19/h1-4,9-10H,5-8,11H2,(H,18,20). The molecule has 25 heavy (non-hydrogen) atoms. The van der Waals surface area contributed by atoms with Crippen LogP contribution in [0, 0.1) is 5.82 Å². The first-order valence-corrected chi connectivity index (χ1v) is 9.98. The molecule has 0 spiro atoms. The van der Waals surface area contributed by atoms with E-state index in [1.807, 2.05) is 0 Å². The molecule has 1 fully saturated rings. The number of nitrogens with one attached hydrogen (secondary N) is 1. The summed E-state index contributed by atoms with van der Waals surface area (Å²) in [6, 6.07) is 7.31. The van der Waals surface area contributed by atoms with Crippen molar-refractivity contribution in [3.63, 3.8) is 0 Å². The van der Waals surface area contributed by atoms with Crippen LogP contribution in [0.15, 0.2) is 40.6 Å². The Balaban J connectivity index is 1.75.